The number of primary sulfonamides is 1. The van der Waals surface area contributed by atoms with Crippen LogP contribution in [0.3, 0.4) is 0 Å². The van der Waals surface area contributed by atoms with Crippen LogP contribution in [0.15, 0.2) is 23.1 Å². The van der Waals surface area contributed by atoms with Crippen LogP contribution >= 0.6 is 0 Å². The van der Waals surface area contributed by atoms with Crippen LogP contribution in [-0.4, -0.2) is 47.0 Å². The molecule has 1 saturated heterocycles. The first-order chi connectivity index (χ1) is 9.84. The lowest BCUT2D eigenvalue weighted by Crippen LogP contribution is -2.57. The van der Waals surface area contributed by atoms with E-state index in [2.05, 4.69) is 10.6 Å². The van der Waals surface area contributed by atoms with Crippen molar-refractivity contribution in [1.82, 2.24) is 10.6 Å². The number of likely N-dealkylation sites (N-methyl/N-ethyl adjacent to an activating group) is 1. The number of nitrogens with zero attached hydrogens (tertiary/aromatic N) is 1. The molecule has 1 aliphatic rings. The maximum Gasteiger partial charge on any atom is 0.243 e. The maximum atomic E-state index is 14.2. The molecule has 0 aliphatic carbocycles. The summed E-state index contributed by atoms with van der Waals surface area (Å²) >= 11 is 0. The summed E-state index contributed by atoms with van der Waals surface area (Å²) in [5, 5.41) is 10.6. The maximum absolute atomic E-state index is 14.2. The molecule has 1 amide bonds. The summed E-state index contributed by atoms with van der Waals surface area (Å²) in [5.74, 6) is -0.963. The second-order valence-electron chi connectivity index (χ2n) is 4.69. The quantitative estimate of drug-likeness (QED) is 0.663. The number of nitrogens with two attached hydrogens (primary N) is 1. The summed E-state index contributed by atoms with van der Waals surface area (Å²) < 4.78 is 36.6. The van der Waals surface area contributed by atoms with Gasteiger partial charge in [-0.1, -0.05) is 0 Å². The van der Waals surface area contributed by atoms with Crippen molar-refractivity contribution < 1.29 is 17.6 Å². The molecule has 0 spiro atoms. The molecule has 1 aliphatic heterocycles. The van der Waals surface area contributed by atoms with Gasteiger partial charge in [0, 0.05) is 26.7 Å². The van der Waals surface area contributed by atoms with Crippen LogP contribution in [0.25, 0.3) is 0 Å². The van der Waals surface area contributed by atoms with E-state index in [1.165, 1.54) is 19.2 Å². The van der Waals surface area contributed by atoms with Crippen molar-refractivity contribution in [3.63, 3.8) is 0 Å². The number of halogens is 1. The van der Waals surface area contributed by atoms with E-state index >= 15 is 0 Å². The van der Waals surface area contributed by atoms with Crippen molar-refractivity contribution in [3.8, 4) is 0 Å². The van der Waals surface area contributed by atoms with Crippen LogP contribution in [0.5, 0.6) is 0 Å². The third kappa shape index (κ3) is 3.31. The number of rotatable bonds is 3. The van der Waals surface area contributed by atoms with Gasteiger partial charge in [-0.15, -0.1) is 0 Å². The fourth-order valence-electron chi connectivity index (χ4n) is 2.29. The zero-order chi connectivity index (χ0) is 15.6. The summed E-state index contributed by atoms with van der Waals surface area (Å²) in [7, 11) is -2.45. The molecule has 116 valence electrons. The van der Waals surface area contributed by atoms with Crippen LogP contribution in [0.4, 0.5) is 10.1 Å². The van der Waals surface area contributed by atoms with Gasteiger partial charge in [0.05, 0.1) is 10.6 Å². The average Bonchev–Trinajstić information content (AvgIpc) is 2.45. The molecule has 4 N–H and O–H groups in total. The molecule has 0 aromatic heterocycles. The molecular formula is C12H17FN4O3S. The predicted molar refractivity (Wildman–Crippen MR) is 75.8 cm³/mol. The van der Waals surface area contributed by atoms with Gasteiger partial charge in [0.15, 0.2) is 0 Å². The number of benzene rings is 1. The van der Waals surface area contributed by atoms with E-state index < -0.39 is 21.9 Å². The van der Waals surface area contributed by atoms with Gasteiger partial charge in [0.1, 0.15) is 11.9 Å². The zero-order valence-electron chi connectivity index (χ0n) is 11.5. The highest BCUT2D eigenvalue weighted by atomic mass is 32.2. The van der Waals surface area contributed by atoms with E-state index in [4.69, 9.17) is 5.14 Å². The molecule has 1 heterocycles. The number of carbonyl (C=O) groups excluding carboxylic acids is 1. The standard InChI is InChI=1S/C12H17FN4O3S/c1-15-12(18)11-7-16-4-5-17(11)10-3-2-8(6-9(10)13)21(14,19)20/h2-3,6,11,16H,4-5,7H2,1H3,(H,15,18)(H2,14,19,20). The van der Waals surface area contributed by atoms with Crippen molar-refractivity contribution in [1.29, 1.82) is 0 Å². The second-order valence-corrected chi connectivity index (χ2v) is 6.25. The van der Waals surface area contributed by atoms with Crippen LogP contribution in [0.2, 0.25) is 0 Å². The summed E-state index contributed by atoms with van der Waals surface area (Å²) in [5.41, 5.74) is 0.178. The number of carbonyl (C=O) groups is 1. The van der Waals surface area contributed by atoms with Crippen LogP contribution in [0, 0.1) is 5.82 Å². The highest BCUT2D eigenvalue weighted by Gasteiger charge is 2.30. The van der Waals surface area contributed by atoms with Crippen LogP contribution in [-0.2, 0) is 14.8 Å². The Bertz CT molecular complexity index is 650. The van der Waals surface area contributed by atoms with E-state index in [1.807, 2.05) is 0 Å². The normalized spacial score (nSPS) is 19.4. The van der Waals surface area contributed by atoms with Crippen molar-refractivity contribution in [2.45, 2.75) is 10.9 Å². The topological polar surface area (TPSA) is 105 Å². The minimum absolute atomic E-state index is 0.178. The van der Waals surface area contributed by atoms with Gasteiger partial charge in [-0.3, -0.25) is 4.79 Å². The van der Waals surface area contributed by atoms with Gasteiger partial charge < -0.3 is 15.5 Å². The Balaban J connectivity index is 2.38. The first kappa shape index (κ1) is 15.7. The molecule has 0 radical (unpaired) electrons. The van der Waals surface area contributed by atoms with Crippen molar-refractivity contribution >= 4 is 21.6 Å². The van der Waals surface area contributed by atoms with Gasteiger partial charge in [-0.2, -0.15) is 0 Å². The molecule has 1 unspecified atom stereocenters. The Morgan fingerprint density at radius 1 is 1.52 bits per heavy atom. The lowest BCUT2D eigenvalue weighted by molar-refractivity contribution is -0.122. The van der Waals surface area contributed by atoms with E-state index in [0.717, 1.165) is 6.07 Å². The average molecular weight is 316 g/mol. The van der Waals surface area contributed by atoms with Gasteiger partial charge >= 0.3 is 0 Å². The lowest BCUT2D eigenvalue weighted by Gasteiger charge is -2.36. The van der Waals surface area contributed by atoms with Gasteiger partial charge in [0.2, 0.25) is 15.9 Å². The fraction of sp³-hybridized carbons (Fsp3) is 0.417. The molecule has 7 nitrogen and oxygen atoms in total. The summed E-state index contributed by atoms with van der Waals surface area (Å²) in [4.78, 5) is 13.2. The van der Waals surface area contributed by atoms with Gasteiger partial charge in [0.25, 0.3) is 0 Å². The van der Waals surface area contributed by atoms with Crippen molar-refractivity contribution in [2.24, 2.45) is 5.14 Å². The van der Waals surface area contributed by atoms with E-state index in [1.54, 1.807) is 4.90 Å². The SMILES string of the molecule is CNC(=O)C1CNCCN1c1ccc(S(N)(=O)=O)cc1F. The lowest BCUT2D eigenvalue weighted by atomic mass is 10.1. The Kier molecular flexibility index (Phi) is 4.45. The summed E-state index contributed by atoms with van der Waals surface area (Å²) in [6, 6.07) is 2.87. The number of hydrogen-bond acceptors (Lipinski definition) is 5. The predicted octanol–water partition coefficient (Wildman–Crippen LogP) is -1.00. The molecule has 0 saturated carbocycles. The van der Waals surface area contributed by atoms with Crippen LogP contribution in [0.1, 0.15) is 0 Å². The fourth-order valence-corrected chi connectivity index (χ4v) is 2.82. The molecule has 9 heteroatoms. The molecule has 0 bridgehead atoms. The molecule has 1 aromatic rings. The molecule has 1 atom stereocenters. The second kappa shape index (κ2) is 5.96. The molecule has 21 heavy (non-hydrogen) atoms. The first-order valence-electron chi connectivity index (χ1n) is 6.36. The smallest absolute Gasteiger partial charge is 0.243 e. The number of nitrogens with one attached hydrogen (secondary N) is 2. The van der Waals surface area contributed by atoms with Gasteiger partial charge in [-0.05, 0) is 18.2 Å². The van der Waals surface area contributed by atoms with E-state index in [0.29, 0.717) is 19.6 Å². The Morgan fingerprint density at radius 3 is 2.81 bits per heavy atom. The Labute approximate surface area is 122 Å². The number of hydrogen-bond donors (Lipinski definition) is 3. The largest absolute Gasteiger partial charge is 0.357 e. The molecule has 2 rings (SSSR count). The molecular weight excluding hydrogens is 299 g/mol. The highest BCUT2D eigenvalue weighted by molar-refractivity contribution is 7.89. The third-order valence-corrected chi connectivity index (χ3v) is 4.26. The number of anilines is 1. The van der Waals surface area contributed by atoms with Crippen molar-refractivity contribution in [2.75, 3.05) is 31.6 Å². The van der Waals surface area contributed by atoms with Crippen molar-refractivity contribution in [3.05, 3.63) is 24.0 Å². The third-order valence-electron chi connectivity index (χ3n) is 3.35. The molecule has 1 aromatic carbocycles. The summed E-state index contributed by atoms with van der Waals surface area (Å²) in [6.45, 7) is 1.42. The monoisotopic (exact) mass is 316 g/mol. The van der Waals surface area contributed by atoms with E-state index in [-0.39, 0.29) is 16.5 Å². The van der Waals surface area contributed by atoms with Gasteiger partial charge in [-0.25, -0.2) is 17.9 Å². The number of sulfonamides is 1. The summed E-state index contributed by atoms with van der Waals surface area (Å²) in [6.07, 6.45) is 0. The van der Waals surface area contributed by atoms with E-state index in [9.17, 15) is 17.6 Å². The Hall–Kier alpha value is -1.71. The van der Waals surface area contributed by atoms with Crippen LogP contribution < -0.4 is 20.7 Å². The zero-order valence-corrected chi connectivity index (χ0v) is 12.3. The number of amides is 1. The first-order valence-corrected chi connectivity index (χ1v) is 7.90. The number of piperazine rings is 1. The Morgan fingerprint density at radius 2 is 2.24 bits per heavy atom. The minimum atomic E-state index is -3.96. The molecule has 1 fully saturated rings. The minimum Gasteiger partial charge on any atom is -0.357 e. The highest BCUT2D eigenvalue weighted by Crippen LogP contribution is 2.24.